The van der Waals surface area contributed by atoms with E-state index in [4.69, 9.17) is 9.97 Å². The van der Waals surface area contributed by atoms with E-state index in [0.717, 1.165) is 89.7 Å². The van der Waals surface area contributed by atoms with Gasteiger partial charge in [0.05, 0.1) is 28.1 Å². The summed E-state index contributed by atoms with van der Waals surface area (Å²) in [6.45, 7) is 14.2. The summed E-state index contributed by atoms with van der Waals surface area (Å²) < 4.78 is 96.9. The van der Waals surface area contributed by atoms with Crippen LogP contribution in [0.15, 0.2) is 188 Å². The molecule has 1 aliphatic rings. The second-order valence-corrected chi connectivity index (χ2v) is 20.5. The Bertz CT molecular complexity index is 3770. The van der Waals surface area contributed by atoms with Crippen molar-refractivity contribution in [3.05, 3.63) is 250 Å². The molecule has 0 N–H and O–H groups in total. The fourth-order valence-corrected chi connectivity index (χ4v) is 12.2. The molecule has 8 aromatic carbocycles. The SMILES string of the molecule is Cc1cc(C)c(-c2ccc3c(c2)c2cc(-c4c(C)cc(C)cc4C)ccc2n3C2(C)C(c3ccccc3C(F)(F)F)=CC(c3nc(-c4ccccc4)cc(-c4ccccc4)n3)=CC2c2ccccc2C(F)(F)F)c(C)c1. The van der Waals surface area contributed by atoms with Gasteiger partial charge in [-0.1, -0.05) is 151 Å². The topological polar surface area (TPSA) is 30.7 Å². The number of rotatable bonds is 8. The summed E-state index contributed by atoms with van der Waals surface area (Å²) in [5.41, 5.74) is 10.9. The van der Waals surface area contributed by atoms with Gasteiger partial charge in [-0.3, -0.25) is 0 Å². The second-order valence-electron chi connectivity index (χ2n) is 20.5. The number of allylic oxidation sites excluding steroid dienone is 4. The first kappa shape index (κ1) is 49.9. The molecule has 0 amide bonds. The fourth-order valence-electron chi connectivity index (χ4n) is 12.2. The summed E-state index contributed by atoms with van der Waals surface area (Å²) in [4.78, 5) is 10.2. The molecule has 1 aliphatic carbocycles. The third kappa shape index (κ3) is 8.71. The van der Waals surface area contributed by atoms with E-state index in [2.05, 4.69) is 77.9 Å². The quantitative estimate of drug-likeness (QED) is 0.142. The van der Waals surface area contributed by atoms with Crippen molar-refractivity contribution in [3.8, 4) is 44.8 Å². The van der Waals surface area contributed by atoms with E-state index in [9.17, 15) is 0 Å². The van der Waals surface area contributed by atoms with Gasteiger partial charge in [0, 0.05) is 44.4 Å². The van der Waals surface area contributed by atoms with E-state index in [1.165, 1.54) is 24.3 Å². The van der Waals surface area contributed by atoms with Crippen molar-refractivity contribution >= 4 is 33.0 Å². The molecule has 9 heteroatoms. The van der Waals surface area contributed by atoms with Crippen LogP contribution in [0.3, 0.4) is 0 Å². The van der Waals surface area contributed by atoms with Crippen molar-refractivity contribution in [2.24, 2.45) is 0 Å². The number of aryl methyl sites for hydroxylation is 6. The molecule has 0 fully saturated rings. The Kier molecular flexibility index (Phi) is 12.4. The van der Waals surface area contributed by atoms with Crippen molar-refractivity contribution in [2.75, 3.05) is 0 Å². The maximum absolute atomic E-state index is 15.8. The van der Waals surface area contributed by atoms with E-state index < -0.39 is 34.9 Å². The Morgan fingerprint density at radius 1 is 0.461 bits per heavy atom. The van der Waals surface area contributed by atoms with Gasteiger partial charge in [-0.2, -0.15) is 26.3 Å². The van der Waals surface area contributed by atoms with E-state index >= 15 is 26.3 Å². The van der Waals surface area contributed by atoms with E-state index in [-0.39, 0.29) is 28.1 Å². The number of benzene rings is 8. The van der Waals surface area contributed by atoms with Crippen LogP contribution in [-0.2, 0) is 17.9 Å². The molecule has 2 atom stereocenters. The van der Waals surface area contributed by atoms with Gasteiger partial charge in [0.15, 0.2) is 5.82 Å². The van der Waals surface area contributed by atoms with Gasteiger partial charge in [0.1, 0.15) is 0 Å². The van der Waals surface area contributed by atoms with Gasteiger partial charge in [0.2, 0.25) is 0 Å². The van der Waals surface area contributed by atoms with Crippen LogP contribution in [0.4, 0.5) is 26.3 Å². The third-order valence-electron chi connectivity index (χ3n) is 15.2. The summed E-state index contributed by atoms with van der Waals surface area (Å²) in [5, 5.41) is 1.59. The minimum absolute atomic E-state index is 0.118. The van der Waals surface area contributed by atoms with Crippen LogP contribution in [0.2, 0.25) is 0 Å². The monoisotopic (exact) mass is 1010 g/mol. The van der Waals surface area contributed by atoms with Crippen LogP contribution in [0, 0.1) is 41.5 Å². The number of aromatic nitrogens is 3. The maximum atomic E-state index is 15.8. The molecule has 378 valence electrons. The smallest absolute Gasteiger partial charge is 0.329 e. The first-order valence-electron chi connectivity index (χ1n) is 25.3. The average molecular weight is 1010 g/mol. The Hall–Kier alpha value is -8.30. The minimum atomic E-state index is -4.86. The first-order chi connectivity index (χ1) is 36.3. The van der Waals surface area contributed by atoms with Crippen molar-refractivity contribution < 1.29 is 26.3 Å². The summed E-state index contributed by atoms with van der Waals surface area (Å²) >= 11 is 0. The molecule has 10 aromatic rings. The van der Waals surface area contributed by atoms with Crippen LogP contribution in [0.5, 0.6) is 0 Å². The average Bonchev–Trinajstić information content (AvgIpc) is 3.71. The number of fused-ring (bicyclic) bond motifs is 3. The molecule has 0 aliphatic heterocycles. The van der Waals surface area contributed by atoms with Gasteiger partial charge < -0.3 is 4.57 Å². The Labute approximate surface area is 438 Å². The lowest BCUT2D eigenvalue weighted by molar-refractivity contribution is -0.138. The number of halogens is 6. The van der Waals surface area contributed by atoms with Crippen molar-refractivity contribution in [1.82, 2.24) is 14.5 Å². The van der Waals surface area contributed by atoms with Crippen molar-refractivity contribution in [3.63, 3.8) is 0 Å². The Morgan fingerprint density at radius 2 is 0.895 bits per heavy atom. The molecular formula is C67H53F6N3. The Morgan fingerprint density at radius 3 is 1.37 bits per heavy atom. The van der Waals surface area contributed by atoms with Crippen LogP contribution >= 0.6 is 0 Å². The zero-order valence-electron chi connectivity index (χ0n) is 43.1. The van der Waals surface area contributed by atoms with Gasteiger partial charge in [-0.15, -0.1) is 0 Å². The molecule has 0 saturated heterocycles. The Balaban J connectivity index is 1.29. The summed E-state index contributed by atoms with van der Waals surface area (Å²) in [6, 6.07) is 52.3. The third-order valence-corrected chi connectivity index (χ3v) is 15.2. The zero-order chi connectivity index (χ0) is 53.4. The van der Waals surface area contributed by atoms with Gasteiger partial charge in [-0.25, -0.2) is 9.97 Å². The van der Waals surface area contributed by atoms with Crippen molar-refractivity contribution in [2.45, 2.75) is 72.3 Å². The van der Waals surface area contributed by atoms with E-state index in [0.29, 0.717) is 22.4 Å². The van der Waals surface area contributed by atoms with Crippen molar-refractivity contribution in [1.29, 1.82) is 0 Å². The molecule has 0 radical (unpaired) electrons. The van der Waals surface area contributed by atoms with E-state index in [1.807, 2.05) is 95.6 Å². The highest BCUT2D eigenvalue weighted by molar-refractivity contribution is 6.12. The lowest BCUT2D eigenvalue weighted by atomic mass is 9.67. The normalized spacial score (nSPS) is 16.0. The number of hydrogen-bond donors (Lipinski definition) is 0. The van der Waals surface area contributed by atoms with Crippen LogP contribution in [-0.4, -0.2) is 14.5 Å². The fraction of sp³-hybridized carbons (Fsp3) is 0.164. The predicted octanol–water partition coefficient (Wildman–Crippen LogP) is 18.8. The minimum Gasteiger partial charge on any atom is -0.329 e. The highest BCUT2D eigenvalue weighted by atomic mass is 19.4. The molecule has 0 saturated carbocycles. The predicted molar refractivity (Wildman–Crippen MR) is 297 cm³/mol. The highest BCUT2D eigenvalue weighted by Gasteiger charge is 2.49. The second kappa shape index (κ2) is 18.8. The number of alkyl halides is 6. The highest BCUT2D eigenvalue weighted by Crippen LogP contribution is 2.57. The molecule has 2 unspecified atom stereocenters. The summed E-state index contributed by atoms with van der Waals surface area (Å²) in [5.74, 6) is -1.14. The van der Waals surface area contributed by atoms with Crippen LogP contribution in [0.1, 0.15) is 74.3 Å². The van der Waals surface area contributed by atoms with E-state index in [1.54, 1.807) is 31.2 Å². The summed E-state index contributed by atoms with van der Waals surface area (Å²) in [7, 11) is 0. The standard InChI is InChI=1S/C67H53F6N3/c1-39-30-41(3)62(42(4)31-39)47-26-28-60-52(34-47)53-35-48(63-43(5)32-40(2)33-44(63)6)27-29-61(53)76(60)65(7)56(50-22-14-16-24-54(50)66(68,69)70)36-49(37-57(65)51-23-15-17-25-55(51)67(71,72)73)64-74-58(45-18-10-8-11-19-45)38-59(75-64)46-20-12-9-13-21-46/h8-38,56H,1-7H3. The molecular weight excluding hydrogens is 961 g/mol. The molecule has 2 heterocycles. The lowest BCUT2D eigenvalue weighted by Gasteiger charge is -2.45. The largest absolute Gasteiger partial charge is 0.416 e. The number of hydrogen-bond acceptors (Lipinski definition) is 2. The van der Waals surface area contributed by atoms with Crippen LogP contribution < -0.4 is 0 Å². The molecule has 76 heavy (non-hydrogen) atoms. The molecule has 2 aromatic heterocycles. The number of nitrogens with zero attached hydrogens (tertiary/aromatic N) is 3. The molecule has 0 spiro atoms. The summed E-state index contributed by atoms with van der Waals surface area (Å²) in [6.07, 6.45) is -6.29. The molecule has 11 rings (SSSR count). The zero-order valence-corrected chi connectivity index (χ0v) is 43.1. The van der Waals surface area contributed by atoms with Gasteiger partial charge in [0.25, 0.3) is 0 Å². The molecule has 3 nitrogen and oxygen atoms in total. The van der Waals surface area contributed by atoms with Crippen LogP contribution in [0.25, 0.3) is 77.7 Å². The lowest BCUT2D eigenvalue weighted by Crippen LogP contribution is -2.40. The maximum Gasteiger partial charge on any atom is 0.416 e. The molecule has 0 bridgehead atoms. The van der Waals surface area contributed by atoms with Gasteiger partial charge >= 0.3 is 12.4 Å². The first-order valence-corrected chi connectivity index (χ1v) is 25.3. The van der Waals surface area contributed by atoms with Gasteiger partial charge in [-0.05, 0) is 158 Å².